The van der Waals surface area contributed by atoms with Gasteiger partial charge in [-0.2, -0.15) is 0 Å². The van der Waals surface area contributed by atoms with Crippen LogP contribution >= 0.6 is 0 Å². The minimum absolute atomic E-state index is 0.0489. The van der Waals surface area contributed by atoms with Crippen molar-refractivity contribution in [1.82, 2.24) is 10.2 Å². The normalized spacial score (nSPS) is 25.5. The first-order chi connectivity index (χ1) is 15.0. The molecule has 2 aliphatic heterocycles. The van der Waals surface area contributed by atoms with E-state index in [4.69, 9.17) is 20.2 Å². The highest BCUT2D eigenvalue weighted by atomic mass is 16.5. The Morgan fingerprint density at radius 2 is 2.10 bits per heavy atom. The van der Waals surface area contributed by atoms with Crippen molar-refractivity contribution in [3.8, 4) is 0 Å². The number of hydrogen-bond acceptors (Lipinski definition) is 6. The standard InChI is InChI=1S/C24H31N5O2/c1-16-5-8-20-24(26-18-7-9-21(30-3)22(13-18)31-4)27-19(15-29(20)12-11-16)17-6-10-23(25)28(2)14-17/h6-7,10-16,20-21,25H,5,8-9H2,1-4H3,(H,26,27)/p+1. The molecule has 7 heteroatoms. The Morgan fingerprint density at radius 1 is 1.26 bits per heavy atom. The fourth-order valence-corrected chi connectivity index (χ4v) is 4.12. The summed E-state index contributed by atoms with van der Waals surface area (Å²) in [5, 5.41) is 3.59. The molecule has 1 aliphatic carbocycles. The molecule has 7 nitrogen and oxygen atoms in total. The number of hydrogen-bond donors (Lipinski definition) is 2. The van der Waals surface area contributed by atoms with Crippen LogP contribution in [0.5, 0.6) is 0 Å². The van der Waals surface area contributed by atoms with Gasteiger partial charge in [0, 0.05) is 49.3 Å². The lowest BCUT2D eigenvalue weighted by molar-refractivity contribution is -0.657. The van der Waals surface area contributed by atoms with Crippen molar-refractivity contribution in [1.29, 1.82) is 0 Å². The molecule has 0 bridgehead atoms. The highest BCUT2D eigenvalue weighted by molar-refractivity contribution is 5.95. The van der Waals surface area contributed by atoms with E-state index >= 15 is 0 Å². The summed E-state index contributed by atoms with van der Waals surface area (Å²) in [5.41, 5.74) is 8.90. The predicted molar refractivity (Wildman–Crippen MR) is 122 cm³/mol. The number of aromatic nitrogens is 1. The van der Waals surface area contributed by atoms with Crippen molar-refractivity contribution < 1.29 is 14.0 Å². The quantitative estimate of drug-likeness (QED) is 0.730. The molecule has 1 aromatic rings. The molecule has 3 heterocycles. The van der Waals surface area contributed by atoms with Gasteiger partial charge in [0.05, 0.1) is 32.1 Å². The van der Waals surface area contributed by atoms with Crippen molar-refractivity contribution >= 4 is 17.4 Å². The van der Waals surface area contributed by atoms with Crippen LogP contribution in [0, 0.1) is 5.92 Å². The zero-order valence-electron chi connectivity index (χ0n) is 18.7. The smallest absolute Gasteiger partial charge is 0.272 e. The summed E-state index contributed by atoms with van der Waals surface area (Å²) >= 11 is 0. The van der Waals surface area contributed by atoms with Gasteiger partial charge in [-0.25, -0.2) is 9.56 Å². The van der Waals surface area contributed by atoms with E-state index in [-0.39, 0.29) is 12.1 Å². The molecule has 0 spiro atoms. The zero-order chi connectivity index (χ0) is 22.0. The Hall–Kier alpha value is -3.06. The Labute approximate surface area is 184 Å². The third kappa shape index (κ3) is 4.51. The molecule has 0 fully saturated rings. The molecule has 0 saturated heterocycles. The van der Waals surface area contributed by atoms with Gasteiger partial charge < -0.3 is 19.7 Å². The number of aliphatic imine (C=N–C) groups is 1. The number of pyridine rings is 1. The second-order valence-corrected chi connectivity index (χ2v) is 8.32. The summed E-state index contributed by atoms with van der Waals surface area (Å²) in [4.78, 5) is 7.32. The molecular formula is C24H32N5O2+. The average molecular weight is 423 g/mol. The zero-order valence-corrected chi connectivity index (χ0v) is 18.7. The Balaban J connectivity index is 1.68. The molecule has 3 aliphatic rings. The van der Waals surface area contributed by atoms with E-state index < -0.39 is 0 Å². The van der Waals surface area contributed by atoms with Crippen LogP contribution < -0.4 is 15.6 Å². The van der Waals surface area contributed by atoms with Crippen LogP contribution in [0.2, 0.25) is 0 Å². The van der Waals surface area contributed by atoms with Crippen LogP contribution in [0.15, 0.2) is 65.4 Å². The molecule has 164 valence electrons. The first kappa shape index (κ1) is 21.2. The molecule has 3 atom stereocenters. The number of fused-ring (bicyclic) bond motifs is 1. The van der Waals surface area contributed by atoms with Gasteiger partial charge in [0.15, 0.2) is 0 Å². The average Bonchev–Trinajstić information content (AvgIpc) is 2.97. The van der Waals surface area contributed by atoms with E-state index in [0.717, 1.165) is 47.8 Å². The molecule has 0 saturated carbocycles. The van der Waals surface area contributed by atoms with Crippen molar-refractivity contribution in [2.24, 2.45) is 18.0 Å². The second-order valence-electron chi connectivity index (χ2n) is 8.32. The minimum Gasteiger partial charge on any atom is -0.498 e. The van der Waals surface area contributed by atoms with Crippen LogP contribution in [0.25, 0.3) is 5.70 Å². The maximum atomic E-state index is 6.00. The van der Waals surface area contributed by atoms with Crippen molar-refractivity contribution in [3.63, 3.8) is 0 Å². The van der Waals surface area contributed by atoms with Crippen LogP contribution in [0.1, 0.15) is 31.7 Å². The SMILES string of the molecule is COC1=CC(NC2=NC(c3ccc(N)[n+](C)c3)=CN3C=CC(C)CCC23)=CCC1OC. The number of nitrogen functional groups attached to an aromatic ring is 1. The Bertz CT molecular complexity index is 992. The van der Waals surface area contributed by atoms with Crippen LogP contribution in [0.4, 0.5) is 5.82 Å². The molecule has 31 heavy (non-hydrogen) atoms. The maximum absolute atomic E-state index is 6.00. The fraction of sp³-hybridized carbons (Fsp3) is 0.417. The number of amidine groups is 1. The lowest BCUT2D eigenvalue weighted by atomic mass is 10.0. The topological polar surface area (TPSA) is 76.0 Å². The summed E-state index contributed by atoms with van der Waals surface area (Å²) < 4.78 is 13.0. The van der Waals surface area contributed by atoms with Crippen molar-refractivity contribution in [2.75, 3.05) is 20.0 Å². The first-order valence-corrected chi connectivity index (χ1v) is 10.8. The van der Waals surface area contributed by atoms with Gasteiger partial charge in [0.2, 0.25) is 0 Å². The van der Waals surface area contributed by atoms with Gasteiger partial charge >= 0.3 is 0 Å². The van der Waals surface area contributed by atoms with Gasteiger partial charge in [-0.3, -0.25) is 5.73 Å². The fourth-order valence-electron chi connectivity index (χ4n) is 4.12. The van der Waals surface area contributed by atoms with Gasteiger partial charge in [0.1, 0.15) is 17.7 Å². The van der Waals surface area contributed by atoms with Gasteiger partial charge in [-0.1, -0.05) is 19.1 Å². The molecule has 3 N–H and O–H groups in total. The molecule has 0 amide bonds. The van der Waals surface area contributed by atoms with E-state index in [0.29, 0.717) is 11.7 Å². The first-order valence-electron chi connectivity index (χ1n) is 10.8. The second kappa shape index (κ2) is 8.98. The highest BCUT2D eigenvalue weighted by Crippen LogP contribution is 2.29. The number of methoxy groups -OCH3 is 2. The third-order valence-corrected chi connectivity index (χ3v) is 6.10. The van der Waals surface area contributed by atoms with Gasteiger partial charge in [-0.15, -0.1) is 0 Å². The minimum atomic E-state index is -0.0489. The highest BCUT2D eigenvalue weighted by Gasteiger charge is 2.29. The van der Waals surface area contributed by atoms with Crippen LogP contribution in [0.3, 0.4) is 0 Å². The summed E-state index contributed by atoms with van der Waals surface area (Å²) in [6.45, 7) is 2.26. The van der Waals surface area contributed by atoms with E-state index in [1.807, 2.05) is 36.0 Å². The lowest BCUT2D eigenvalue weighted by Gasteiger charge is -2.33. The number of allylic oxidation sites excluding steroid dienone is 2. The van der Waals surface area contributed by atoms with Crippen molar-refractivity contribution in [2.45, 2.75) is 38.3 Å². The Kier molecular flexibility index (Phi) is 6.13. The largest absolute Gasteiger partial charge is 0.498 e. The summed E-state index contributed by atoms with van der Waals surface area (Å²) in [6.07, 6.45) is 15.6. The Morgan fingerprint density at radius 3 is 2.84 bits per heavy atom. The van der Waals surface area contributed by atoms with Gasteiger partial charge in [-0.05, 0) is 24.8 Å². The number of nitrogens with zero attached hydrogens (tertiary/aromatic N) is 3. The lowest BCUT2D eigenvalue weighted by Crippen LogP contribution is -2.44. The van der Waals surface area contributed by atoms with Crippen LogP contribution in [-0.4, -0.2) is 37.1 Å². The maximum Gasteiger partial charge on any atom is 0.272 e. The molecule has 3 unspecified atom stereocenters. The third-order valence-electron chi connectivity index (χ3n) is 6.10. The number of rotatable bonds is 4. The van der Waals surface area contributed by atoms with Crippen molar-refractivity contribution in [3.05, 3.63) is 66.0 Å². The molecular weight excluding hydrogens is 390 g/mol. The summed E-state index contributed by atoms with van der Waals surface area (Å²) in [7, 11) is 5.33. The number of aryl methyl sites for hydroxylation is 1. The van der Waals surface area contributed by atoms with E-state index in [1.165, 1.54) is 0 Å². The number of anilines is 1. The van der Waals surface area contributed by atoms with Crippen LogP contribution in [-0.2, 0) is 16.5 Å². The molecule has 4 rings (SSSR count). The number of nitrogens with two attached hydrogens (primary N) is 1. The predicted octanol–water partition coefficient (Wildman–Crippen LogP) is 2.84. The monoisotopic (exact) mass is 422 g/mol. The number of nitrogens with one attached hydrogen (secondary N) is 1. The number of ether oxygens (including phenoxy) is 2. The summed E-state index contributed by atoms with van der Waals surface area (Å²) in [5.74, 6) is 3.00. The van der Waals surface area contributed by atoms with E-state index in [9.17, 15) is 0 Å². The van der Waals surface area contributed by atoms with E-state index in [2.05, 4.69) is 41.7 Å². The molecule has 0 radical (unpaired) electrons. The van der Waals surface area contributed by atoms with Gasteiger partial charge in [0.25, 0.3) is 5.82 Å². The molecule has 0 aromatic carbocycles. The van der Waals surface area contributed by atoms with E-state index in [1.54, 1.807) is 14.2 Å². The summed E-state index contributed by atoms with van der Waals surface area (Å²) in [6, 6.07) is 4.08. The molecule has 1 aromatic heterocycles.